The average Bonchev–Trinajstić information content (AvgIpc) is 3.33. The Labute approximate surface area is 152 Å². The molecule has 1 heterocycles. The molecular weight excluding hydrogens is 334 g/mol. The molecule has 0 aliphatic heterocycles. The molecule has 2 N–H and O–H groups in total. The van der Waals surface area contributed by atoms with Crippen LogP contribution in [-0.2, 0) is 4.79 Å². The van der Waals surface area contributed by atoms with Crippen LogP contribution in [0.15, 0.2) is 29.4 Å². The first-order valence-electron chi connectivity index (χ1n) is 8.78. The topological polar surface area (TPSA) is 73.9 Å². The van der Waals surface area contributed by atoms with Gasteiger partial charge in [-0.1, -0.05) is 11.8 Å². The first kappa shape index (κ1) is 17.8. The van der Waals surface area contributed by atoms with Gasteiger partial charge in [0.15, 0.2) is 0 Å². The van der Waals surface area contributed by atoms with Crippen molar-refractivity contribution in [2.75, 3.05) is 22.5 Å². The summed E-state index contributed by atoms with van der Waals surface area (Å²) in [6.07, 6.45) is 2.37. The summed E-state index contributed by atoms with van der Waals surface area (Å²) < 4.78 is 0. The van der Waals surface area contributed by atoms with Crippen LogP contribution in [0.1, 0.15) is 45.4 Å². The maximum absolute atomic E-state index is 12.1. The molecule has 1 saturated carbocycles. The quantitative estimate of drug-likeness (QED) is 0.704. The highest BCUT2D eigenvalue weighted by Crippen LogP contribution is 2.38. The molecule has 2 aromatic rings. The smallest absolute Gasteiger partial charge is 0.234 e. The summed E-state index contributed by atoms with van der Waals surface area (Å²) >= 11 is 1.36. The Kier molecular flexibility index (Phi) is 5.63. The number of thioether (sulfide) groups is 1. The van der Waals surface area contributed by atoms with Crippen LogP contribution in [0.25, 0.3) is 0 Å². The highest BCUT2D eigenvalue weighted by molar-refractivity contribution is 7.99. The normalized spacial score (nSPS) is 13.9. The summed E-state index contributed by atoms with van der Waals surface area (Å²) in [5.74, 6) is 1.75. The molecule has 0 saturated heterocycles. The number of hydrogen-bond donors (Lipinski definition) is 2. The Balaban J connectivity index is 1.50. The van der Waals surface area contributed by atoms with Crippen molar-refractivity contribution in [3.05, 3.63) is 30.1 Å². The standard InChI is InChI=1S/C18H25N5OS/c1-4-23(12(2)3)15-9-7-14(8-10-15)19-16(24)11-25-18-20-17(21-22-18)13-5-6-13/h7-10,12-13H,4-6,11H2,1-3H3,(H,19,24)(H,20,21,22). The van der Waals surface area contributed by atoms with Crippen LogP contribution < -0.4 is 10.2 Å². The number of benzene rings is 1. The highest BCUT2D eigenvalue weighted by atomic mass is 32.2. The van der Waals surface area contributed by atoms with Crippen LogP contribution in [0.2, 0.25) is 0 Å². The summed E-state index contributed by atoms with van der Waals surface area (Å²) in [5.41, 5.74) is 1.97. The fourth-order valence-corrected chi connectivity index (χ4v) is 3.38. The Morgan fingerprint density at radius 3 is 2.68 bits per heavy atom. The van der Waals surface area contributed by atoms with Gasteiger partial charge in [-0.2, -0.15) is 0 Å². The molecule has 1 aromatic heterocycles. The van der Waals surface area contributed by atoms with E-state index in [1.54, 1.807) is 0 Å². The molecule has 1 fully saturated rings. The number of nitrogens with one attached hydrogen (secondary N) is 2. The van der Waals surface area contributed by atoms with E-state index in [0.717, 1.165) is 18.1 Å². The number of hydrogen-bond acceptors (Lipinski definition) is 5. The minimum Gasteiger partial charge on any atom is -0.369 e. The molecule has 1 amide bonds. The molecule has 1 aromatic carbocycles. The summed E-state index contributed by atoms with van der Waals surface area (Å²) in [5, 5.41) is 10.7. The lowest BCUT2D eigenvalue weighted by Gasteiger charge is -2.27. The third kappa shape index (κ3) is 4.75. The minimum atomic E-state index is -0.0493. The van der Waals surface area contributed by atoms with E-state index in [1.807, 2.05) is 24.3 Å². The van der Waals surface area contributed by atoms with Gasteiger partial charge in [0.05, 0.1) is 5.75 Å². The molecule has 0 atom stereocenters. The Morgan fingerprint density at radius 2 is 2.08 bits per heavy atom. The van der Waals surface area contributed by atoms with Gasteiger partial charge in [-0.3, -0.25) is 9.89 Å². The van der Waals surface area contributed by atoms with Crippen molar-refractivity contribution in [3.8, 4) is 0 Å². The van der Waals surface area contributed by atoms with Crippen molar-refractivity contribution in [2.45, 2.75) is 50.7 Å². The van der Waals surface area contributed by atoms with Gasteiger partial charge in [0, 0.05) is 29.9 Å². The predicted octanol–water partition coefficient (Wildman–Crippen LogP) is 3.65. The number of aromatic nitrogens is 3. The van der Waals surface area contributed by atoms with E-state index in [-0.39, 0.29) is 5.91 Å². The summed E-state index contributed by atoms with van der Waals surface area (Å²) in [6, 6.07) is 8.43. The van der Waals surface area contributed by atoms with Gasteiger partial charge >= 0.3 is 0 Å². The average molecular weight is 359 g/mol. The molecule has 134 valence electrons. The van der Waals surface area contributed by atoms with Gasteiger partial charge in [-0.05, 0) is 57.9 Å². The number of amides is 1. The molecule has 25 heavy (non-hydrogen) atoms. The molecular formula is C18H25N5OS. The van der Waals surface area contributed by atoms with Crippen molar-refractivity contribution >= 4 is 29.0 Å². The van der Waals surface area contributed by atoms with Crippen molar-refractivity contribution in [3.63, 3.8) is 0 Å². The van der Waals surface area contributed by atoms with Gasteiger partial charge in [0.2, 0.25) is 11.1 Å². The summed E-state index contributed by atoms with van der Waals surface area (Å²) in [4.78, 5) is 18.8. The van der Waals surface area contributed by atoms with Crippen LogP contribution in [0, 0.1) is 0 Å². The molecule has 0 bridgehead atoms. The third-order valence-corrected chi connectivity index (χ3v) is 5.07. The van der Waals surface area contributed by atoms with Crippen LogP contribution in [0.5, 0.6) is 0 Å². The zero-order chi connectivity index (χ0) is 17.8. The lowest BCUT2D eigenvalue weighted by atomic mass is 10.2. The second-order valence-corrected chi connectivity index (χ2v) is 7.48. The number of nitrogens with zero attached hydrogens (tertiary/aromatic N) is 3. The maximum Gasteiger partial charge on any atom is 0.234 e. The van der Waals surface area contributed by atoms with E-state index in [1.165, 1.54) is 30.3 Å². The fraction of sp³-hybridized carbons (Fsp3) is 0.500. The van der Waals surface area contributed by atoms with Crippen LogP contribution in [0.4, 0.5) is 11.4 Å². The third-order valence-electron chi connectivity index (χ3n) is 4.23. The first-order valence-corrected chi connectivity index (χ1v) is 9.77. The first-order chi connectivity index (χ1) is 12.1. The molecule has 1 aliphatic carbocycles. The van der Waals surface area contributed by atoms with Gasteiger partial charge in [-0.15, -0.1) is 5.10 Å². The van der Waals surface area contributed by atoms with E-state index < -0.39 is 0 Å². The SMILES string of the molecule is CCN(c1ccc(NC(=O)CSc2n[nH]c(C3CC3)n2)cc1)C(C)C. The summed E-state index contributed by atoms with van der Waals surface area (Å²) in [6.45, 7) is 7.45. The second-order valence-electron chi connectivity index (χ2n) is 6.54. The van der Waals surface area contributed by atoms with E-state index in [2.05, 4.69) is 46.2 Å². The van der Waals surface area contributed by atoms with Crippen molar-refractivity contribution in [1.82, 2.24) is 15.2 Å². The molecule has 0 spiro atoms. The highest BCUT2D eigenvalue weighted by Gasteiger charge is 2.27. The molecule has 6 nitrogen and oxygen atoms in total. The molecule has 3 rings (SSSR count). The zero-order valence-corrected chi connectivity index (χ0v) is 15.8. The maximum atomic E-state index is 12.1. The molecule has 0 radical (unpaired) electrons. The number of carbonyl (C=O) groups is 1. The lowest BCUT2D eigenvalue weighted by Crippen LogP contribution is -2.30. The molecule has 0 unspecified atom stereocenters. The van der Waals surface area contributed by atoms with Crippen molar-refractivity contribution in [2.24, 2.45) is 0 Å². The second kappa shape index (κ2) is 7.91. The molecule has 1 aliphatic rings. The Morgan fingerprint density at radius 1 is 1.36 bits per heavy atom. The number of aromatic amines is 1. The molecule has 7 heteroatoms. The van der Waals surface area contributed by atoms with Crippen LogP contribution >= 0.6 is 11.8 Å². The number of H-pyrrole nitrogens is 1. The number of carbonyl (C=O) groups excluding carboxylic acids is 1. The largest absolute Gasteiger partial charge is 0.369 e. The number of rotatable bonds is 8. The number of anilines is 2. The van der Waals surface area contributed by atoms with Crippen LogP contribution in [0.3, 0.4) is 0 Å². The van der Waals surface area contributed by atoms with Gasteiger partial charge in [-0.25, -0.2) is 4.98 Å². The Hall–Kier alpha value is -2.02. The Bertz CT molecular complexity index is 709. The van der Waals surface area contributed by atoms with Crippen molar-refractivity contribution in [1.29, 1.82) is 0 Å². The predicted molar refractivity (Wildman–Crippen MR) is 102 cm³/mol. The zero-order valence-electron chi connectivity index (χ0n) is 15.0. The van der Waals surface area contributed by atoms with Gasteiger partial charge in [0.25, 0.3) is 0 Å². The van der Waals surface area contributed by atoms with Crippen LogP contribution in [-0.4, -0.2) is 39.4 Å². The lowest BCUT2D eigenvalue weighted by molar-refractivity contribution is -0.113. The minimum absolute atomic E-state index is 0.0493. The van der Waals surface area contributed by atoms with E-state index in [9.17, 15) is 4.79 Å². The summed E-state index contributed by atoms with van der Waals surface area (Å²) in [7, 11) is 0. The van der Waals surface area contributed by atoms with E-state index in [4.69, 9.17) is 0 Å². The fourth-order valence-electron chi connectivity index (χ4n) is 2.77. The van der Waals surface area contributed by atoms with E-state index in [0.29, 0.717) is 22.9 Å². The van der Waals surface area contributed by atoms with E-state index >= 15 is 0 Å². The van der Waals surface area contributed by atoms with Gasteiger partial charge in [0.1, 0.15) is 5.82 Å². The van der Waals surface area contributed by atoms with Gasteiger partial charge < -0.3 is 10.2 Å². The van der Waals surface area contributed by atoms with Crippen molar-refractivity contribution < 1.29 is 4.79 Å². The monoisotopic (exact) mass is 359 g/mol.